The number of carbonyl (C=O) groups excluding carboxylic acids is 2. The molecule has 1 aromatic heterocycles. The van der Waals surface area contributed by atoms with Crippen LogP contribution in [0.2, 0.25) is 0 Å². The lowest BCUT2D eigenvalue weighted by molar-refractivity contribution is -0.128. The zero-order valence-corrected chi connectivity index (χ0v) is 38.2. The SMILES string of the molecule is CN1C(=O)C[C@H](C(=O)NCCOCCOCCOCCOCCOCCOCCOCCOCCOCCOCCOCCOCCOCCOCCOCCN)[C@H]1c1cccnc1. The number of ether oxygens (including phenoxy) is 15. The van der Waals surface area contributed by atoms with Crippen LogP contribution in [0.5, 0.6) is 0 Å². The normalized spacial score (nSPS) is 15.2. The highest BCUT2D eigenvalue weighted by Crippen LogP contribution is 2.36. The molecule has 2 heterocycles. The molecule has 1 aliphatic rings. The minimum absolute atomic E-state index is 0.0594. The molecule has 0 unspecified atom stereocenters. The molecule has 0 saturated carbocycles. The maximum Gasteiger partial charge on any atom is 0.226 e. The van der Waals surface area contributed by atoms with E-state index in [2.05, 4.69) is 10.3 Å². The number of hydrogen-bond donors (Lipinski definition) is 2. The van der Waals surface area contributed by atoms with Crippen LogP contribution in [-0.4, -0.2) is 240 Å². The van der Waals surface area contributed by atoms with Gasteiger partial charge >= 0.3 is 0 Å². The molecule has 0 aliphatic carbocycles. The summed E-state index contributed by atoms with van der Waals surface area (Å²) in [6.07, 6.45) is 3.54. The summed E-state index contributed by atoms with van der Waals surface area (Å²) in [6, 6.07) is 3.36. The lowest BCUT2D eigenvalue weighted by Gasteiger charge is -2.24. The van der Waals surface area contributed by atoms with Crippen LogP contribution in [-0.2, 0) is 80.6 Å². The quantitative estimate of drug-likeness (QED) is 0.0816. The summed E-state index contributed by atoms with van der Waals surface area (Å²) in [6.45, 7) is 15.3. The van der Waals surface area contributed by atoms with Crippen molar-refractivity contribution in [1.82, 2.24) is 15.2 Å². The summed E-state index contributed by atoms with van der Waals surface area (Å²) in [5, 5.41) is 2.88. The molecule has 1 aliphatic heterocycles. The van der Waals surface area contributed by atoms with Crippen molar-refractivity contribution in [3.05, 3.63) is 30.1 Å². The average molecular weight is 923 g/mol. The van der Waals surface area contributed by atoms with Gasteiger partial charge in [0.15, 0.2) is 0 Å². The lowest BCUT2D eigenvalue weighted by atomic mass is 9.94. The Kier molecular flexibility index (Phi) is 39.8. The second-order valence-electron chi connectivity index (χ2n) is 13.8. The zero-order valence-electron chi connectivity index (χ0n) is 38.2. The van der Waals surface area contributed by atoms with E-state index in [0.717, 1.165) is 5.56 Å². The molecule has 2 atom stereocenters. The third kappa shape index (κ3) is 33.0. The lowest BCUT2D eigenvalue weighted by Crippen LogP contribution is -2.36. The molecule has 64 heavy (non-hydrogen) atoms. The van der Waals surface area contributed by atoms with Gasteiger partial charge in [0.05, 0.1) is 210 Å². The monoisotopic (exact) mass is 923 g/mol. The van der Waals surface area contributed by atoms with Crippen molar-refractivity contribution in [2.45, 2.75) is 12.5 Å². The fourth-order valence-corrected chi connectivity index (χ4v) is 5.75. The summed E-state index contributed by atoms with van der Waals surface area (Å²) in [5.41, 5.74) is 6.18. The van der Waals surface area contributed by atoms with Gasteiger partial charge in [-0.15, -0.1) is 0 Å². The predicted octanol–water partition coefficient (Wildman–Crippen LogP) is -0.0751. The van der Waals surface area contributed by atoms with Gasteiger partial charge in [-0.1, -0.05) is 6.07 Å². The molecule has 3 N–H and O–H groups in total. The fraction of sp³-hybridized carbons (Fsp3) is 0.837. The van der Waals surface area contributed by atoms with Crippen LogP contribution in [0.25, 0.3) is 0 Å². The summed E-state index contributed by atoms with van der Waals surface area (Å²) in [4.78, 5) is 30.8. The topological polar surface area (TPSA) is 227 Å². The molecule has 1 saturated heterocycles. The molecule has 2 amide bonds. The van der Waals surface area contributed by atoms with Crippen LogP contribution >= 0.6 is 0 Å². The maximum atomic E-state index is 12.8. The Morgan fingerprint density at radius 3 is 1.11 bits per heavy atom. The van der Waals surface area contributed by atoms with Crippen LogP contribution in [0.15, 0.2) is 24.5 Å². The number of likely N-dealkylation sites (tertiary alicyclic amines) is 1. The predicted molar refractivity (Wildman–Crippen MR) is 232 cm³/mol. The number of hydrogen-bond acceptors (Lipinski definition) is 19. The molecule has 1 aromatic rings. The number of amides is 2. The van der Waals surface area contributed by atoms with Gasteiger partial charge in [-0.3, -0.25) is 14.6 Å². The third-order valence-corrected chi connectivity index (χ3v) is 8.96. The van der Waals surface area contributed by atoms with Crippen LogP contribution in [0.4, 0.5) is 0 Å². The summed E-state index contributed by atoms with van der Waals surface area (Å²) in [5.74, 6) is -0.693. The molecular formula is C43H78N4O17. The first kappa shape index (κ1) is 57.6. The van der Waals surface area contributed by atoms with Gasteiger partial charge in [-0.2, -0.15) is 0 Å². The molecule has 0 radical (unpaired) electrons. The van der Waals surface area contributed by atoms with Crippen LogP contribution in [0.1, 0.15) is 18.0 Å². The molecule has 0 aromatic carbocycles. The van der Waals surface area contributed by atoms with Crippen molar-refractivity contribution in [2.75, 3.05) is 218 Å². The summed E-state index contributed by atoms with van der Waals surface area (Å²) >= 11 is 0. The van der Waals surface area contributed by atoms with Gasteiger partial charge < -0.3 is 87.0 Å². The van der Waals surface area contributed by atoms with E-state index in [9.17, 15) is 9.59 Å². The number of carbonyl (C=O) groups is 2. The first-order valence-electron chi connectivity index (χ1n) is 22.4. The maximum absolute atomic E-state index is 12.8. The minimum atomic E-state index is -0.465. The highest BCUT2D eigenvalue weighted by atomic mass is 16.6. The highest BCUT2D eigenvalue weighted by Gasteiger charge is 2.42. The van der Waals surface area contributed by atoms with Gasteiger partial charge in [0.1, 0.15) is 0 Å². The standard InChI is InChI=1S/C43H78N4O17/c1-47-41(48)37-40(42(47)39-3-2-5-45-38-39)43(49)46-6-8-51-10-12-53-14-16-55-18-20-57-22-24-59-26-28-61-30-32-63-34-36-64-35-33-62-31-29-60-27-25-58-23-21-56-19-17-54-15-13-52-11-9-50-7-4-44/h2-3,5,38,40,42H,4,6-37,44H2,1H3,(H,46,49)/t40-,42+/m0/s1. The Bertz CT molecular complexity index is 1190. The molecule has 372 valence electrons. The number of rotatable bonds is 49. The molecular weight excluding hydrogens is 844 g/mol. The molecule has 21 heteroatoms. The van der Waals surface area contributed by atoms with Crippen LogP contribution in [0.3, 0.4) is 0 Å². The van der Waals surface area contributed by atoms with E-state index in [1.807, 2.05) is 6.07 Å². The number of pyridine rings is 1. The smallest absolute Gasteiger partial charge is 0.226 e. The van der Waals surface area contributed by atoms with Gasteiger partial charge in [0.2, 0.25) is 11.8 Å². The Labute approximate surface area is 379 Å². The number of nitrogens with zero attached hydrogens (tertiary/aromatic N) is 2. The largest absolute Gasteiger partial charge is 0.378 e. The average Bonchev–Trinajstić information content (AvgIpc) is 3.61. The Hall–Kier alpha value is -2.55. The first-order chi connectivity index (χ1) is 31.6. The Balaban J connectivity index is 1.16. The molecule has 2 rings (SSSR count). The number of nitrogens with one attached hydrogen (secondary N) is 1. The number of nitrogens with two attached hydrogens (primary N) is 1. The van der Waals surface area contributed by atoms with Crippen molar-refractivity contribution < 1.29 is 80.6 Å². The molecule has 1 fully saturated rings. The third-order valence-electron chi connectivity index (χ3n) is 8.96. The van der Waals surface area contributed by atoms with E-state index in [1.54, 1.807) is 30.4 Å². The minimum Gasteiger partial charge on any atom is -0.378 e. The highest BCUT2D eigenvalue weighted by molar-refractivity contribution is 5.90. The van der Waals surface area contributed by atoms with Gasteiger partial charge in [0.25, 0.3) is 0 Å². The van der Waals surface area contributed by atoms with Gasteiger partial charge in [-0.05, 0) is 11.6 Å². The summed E-state index contributed by atoms with van der Waals surface area (Å²) in [7, 11) is 1.72. The van der Waals surface area contributed by atoms with Crippen molar-refractivity contribution in [3.8, 4) is 0 Å². The van der Waals surface area contributed by atoms with E-state index in [0.29, 0.717) is 211 Å². The van der Waals surface area contributed by atoms with E-state index in [-0.39, 0.29) is 24.3 Å². The van der Waals surface area contributed by atoms with Gasteiger partial charge in [0, 0.05) is 39.0 Å². The molecule has 0 spiro atoms. The first-order valence-corrected chi connectivity index (χ1v) is 22.4. The second kappa shape index (κ2) is 44.3. The Morgan fingerprint density at radius 2 is 0.828 bits per heavy atom. The van der Waals surface area contributed by atoms with Crippen molar-refractivity contribution in [3.63, 3.8) is 0 Å². The van der Waals surface area contributed by atoms with Crippen molar-refractivity contribution in [1.29, 1.82) is 0 Å². The number of aromatic nitrogens is 1. The van der Waals surface area contributed by atoms with Crippen molar-refractivity contribution >= 4 is 11.8 Å². The van der Waals surface area contributed by atoms with Crippen LogP contribution in [0, 0.1) is 5.92 Å². The zero-order chi connectivity index (χ0) is 45.6. The summed E-state index contributed by atoms with van der Waals surface area (Å²) < 4.78 is 82.1. The Morgan fingerprint density at radius 1 is 0.531 bits per heavy atom. The second-order valence-corrected chi connectivity index (χ2v) is 13.8. The van der Waals surface area contributed by atoms with E-state index >= 15 is 0 Å². The van der Waals surface area contributed by atoms with Crippen LogP contribution < -0.4 is 11.1 Å². The van der Waals surface area contributed by atoms with E-state index in [1.165, 1.54) is 0 Å². The molecule has 0 bridgehead atoms. The van der Waals surface area contributed by atoms with E-state index < -0.39 is 5.92 Å². The molecule has 21 nitrogen and oxygen atoms in total. The van der Waals surface area contributed by atoms with Gasteiger partial charge in [-0.25, -0.2) is 0 Å². The van der Waals surface area contributed by atoms with Crippen molar-refractivity contribution in [2.24, 2.45) is 11.7 Å². The fourth-order valence-electron chi connectivity index (χ4n) is 5.75. The van der Waals surface area contributed by atoms with E-state index in [4.69, 9.17) is 76.8 Å².